The lowest BCUT2D eigenvalue weighted by molar-refractivity contribution is -0.274. The van der Waals surface area contributed by atoms with E-state index in [-0.39, 0.29) is 24.2 Å². The lowest BCUT2D eigenvalue weighted by Gasteiger charge is -2.28. The van der Waals surface area contributed by atoms with E-state index in [1.54, 1.807) is 20.0 Å². The van der Waals surface area contributed by atoms with Crippen molar-refractivity contribution in [2.45, 2.75) is 78.4 Å². The van der Waals surface area contributed by atoms with Crippen LogP contribution in [0.15, 0.2) is 65.3 Å². The number of hydrogen-bond acceptors (Lipinski definition) is 4. The molecule has 1 aliphatic rings. The molecule has 1 N–H and O–H groups in total. The summed E-state index contributed by atoms with van der Waals surface area (Å²) >= 11 is 0. The number of likely N-dealkylation sites (N-methyl/N-ethyl adjacent to an activating group) is 1. The number of hydrogen-bond donors (Lipinski definition) is 1. The zero-order chi connectivity index (χ0) is 30.9. The van der Waals surface area contributed by atoms with Gasteiger partial charge in [-0.25, -0.2) is 9.37 Å². The second kappa shape index (κ2) is 18.0. The number of terminal acetylenes is 1. The minimum Gasteiger partial charge on any atom is -0.402 e. The van der Waals surface area contributed by atoms with Gasteiger partial charge in [-0.1, -0.05) is 39.0 Å². The fourth-order valence-corrected chi connectivity index (χ4v) is 3.85. The van der Waals surface area contributed by atoms with E-state index >= 15 is 0 Å². The van der Waals surface area contributed by atoms with Crippen molar-refractivity contribution in [1.29, 1.82) is 0 Å². The molecule has 2 heterocycles. The minimum absolute atomic E-state index is 0.123. The molecule has 0 aromatic carbocycles. The van der Waals surface area contributed by atoms with Gasteiger partial charge in [-0.2, -0.15) is 13.2 Å². The van der Waals surface area contributed by atoms with Crippen LogP contribution in [0, 0.1) is 12.8 Å². The average molecular weight is 578 g/mol. The quantitative estimate of drug-likeness (QED) is 0.190. The van der Waals surface area contributed by atoms with E-state index < -0.39 is 35.7 Å². The van der Waals surface area contributed by atoms with E-state index in [4.69, 9.17) is 0 Å². The number of allylic oxidation sites excluding steroid dienone is 7. The minimum atomic E-state index is -4.91. The Balaban J connectivity index is 0.00000363. The van der Waals surface area contributed by atoms with Crippen LogP contribution in [0.2, 0.25) is 0 Å². The summed E-state index contributed by atoms with van der Waals surface area (Å²) in [5.74, 6) is -1.41. The van der Waals surface area contributed by atoms with Gasteiger partial charge in [-0.15, -0.1) is 26.0 Å². The maximum atomic E-state index is 14.6. The number of rotatable bonds is 8. The zero-order valence-corrected chi connectivity index (χ0v) is 23.5. The highest BCUT2D eigenvalue weighted by Crippen LogP contribution is 2.33. The third-order valence-electron chi connectivity index (χ3n) is 5.51. The van der Waals surface area contributed by atoms with Crippen molar-refractivity contribution in [3.8, 4) is 18.6 Å². The first-order valence-electron chi connectivity index (χ1n) is 12.9. The summed E-state index contributed by atoms with van der Waals surface area (Å²) in [6.45, 7) is 7.56. The van der Waals surface area contributed by atoms with Crippen LogP contribution in [0.3, 0.4) is 0 Å². The fraction of sp³-hybridized carbons (Fsp3) is 0.483. The molecule has 1 fully saturated rings. The van der Waals surface area contributed by atoms with Crippen molar-refractivity contribution >= 4 is 5.82 Å². The number of likely N-dealkylation sites (tertiary alicyclic amines) is 1. The Morgan fingerprint density at radius 2 is 1.82 bits per heavy atom. The average Bonchev–Trinajstić information content (AvgIpc) is 3.08. The van der Waals surface area contributed by atoms with E-state index in [0.29, 0.717) is 18.7 Å². The van der Waals surface area contributed by atoms with Gasteiger partial charge in [0.15, 0.2) is 11.6 Å². The fourth-order valence-electron chi connectivity index (χ4n) is 3.85. The van der Waals surface area contributed by atoms with Crippen LogP contribution in [-0.2, 0) is 0 Å². The van der Waals surface area contributed by atoms with Crippen LogP contribution in [0.5, 0.6) is 5.75 Å². The molecule has 2 rings (SSSR count). The molecule has 0 radical (unpaired) electrons. The highest BCUT2D eigenvalue weighted by Gasteiger charge is 2.34. The number of nitrogens with one attached hydrogen (secondary N) is 1. The van der Waals surface area contributed by atoms with Gasteiger partial charge in [0.05, 0.1) is 11.6 Å². The van der Waals surface area contributed by atoms with Gasteiger partial charge in [0, 0.05) is 25.5 Å². The Hall–Kier alpha value is -3.42. The summed E-state index contributed by atoms with van der Waals surface area (Å²) < 4.78 is 97.4. The third-order valence-corrected chi connectivity index (χ3v) is 5.51. The second-order valence-corrected chi connectivity index (χ2v) is 8.22. The molecule has 1 atom stereocenters. The molecule has 0 bridgehead atoms. The first-order valence-corrected chi connectivity index (χ1v) is 12.9. The summed E-state index contributed by atoms with van der Waals surface area (Å²) in [6.07, 6.45) is 6.26. The molecular formula is C29H38F7N3O. The number of nitrogens with zero attached hydrogens (tertiary/aromatic N) is 2. The van der Waals surface area contributed by atoms with E-state index in [1.807, 2.05) is 18.7 Å². The maximum Gasteiger partial charge on any atom is 0.573 e. The Morgan fingerprint density at radius 3 is 2.38 bits per heavy atom. The van der Waals surface area contributed by atoms with Crippen LogP contribution in [0.1, 0.15) is 59.8 Å². The molecule has 4 nitrogen and oxygen atoms in total. The van der Waals surface area contributed by atoms with Crippen LogP contribution in [0.25, 0.3) is 0 Å². The third kappa shape index (κ3) is 12.6. The molecule has 11 heteroatoms. The molecule has 0 spiro atoms. The van der Waals surface area contributed by atoms with Crippen molar-refractivity contribution in [1.82, 2.24) is 9.88 Å². The molecular weight excluding hydrogens is 539 g/mol. The van der Waals surface area contributed by atoms with Crippen LogP contribution in [0.4, 0.5) is 36.6 Å². The van der Waals surface area contributed by atoms with Gasteiger partial charge in [0.2, 0.25) is 0 Å². The summed E-state index contributed by atoms with van der Waals surface area (Å²) in [4.78, 5) is 5.83. The van der Waals surface area contributed by atoms with Crippen molar-refractivity contribution in [2.75, 3.05) is 18.9 Å². The molecule has 1 unspecified atom stereocenters. The lowest BCUT2D eigenvalue weighted by atomic mass is 10.0. The molecule has 1 aliphatic heterocycles. The first-order chi connectivity index (χ1) is 18.9. The molecule has 0 saturated carbocycles. The van der Waals surface area contributed by atoms with Crippen LogP contribution >= 0.6 is 0 Å². The molecule has 40 heavy (non-hydrogen) atoms. The number of aromatic nitrogens is 1. The molecule has 1 saturated heterocycles. The Kier molecular flexibility index (Phi) is 16.5. The Labute approximate surface area is 232 Å². The highest BCUT2D eigenvalue weighted by atomic mass is 19.4. The van der Waals surface area contributed by atoms with Crippen molar-refractivity contribution in [3.05, 3.63) is 65.3 Å². The molecule has 0 aliphatic carbocycles. The van der Waals surface area contributed by atoms with E-state index in [0.717, 1.165) is 37.1 Å². The van der Waals surface area contributed by atoms with Crippen molar-refractivity contribution in [2.24, 2.45) is 0 Å². The summed E-state index contributed by atoms with van der Waals surface area (Å²) in [5.41, 5.74) is -0.488. The van der Waals surface area contributed by atoms with Crippen LogP contribution in [-0.4, -0.2) is 42.1 Å². The lowest BCUT2D eigenvalue weighted by Crippen LogP contribution is -2.31. The number of halogens is 7. The van der Waals surface area contributed by atoms with Gasteiger partial charge in [-0.3, -0.25) is 0 Å². The van der Waals surface area contributed by atoms with E-state index in [2.05, 4.69) is 27.9 Å². The standard InChI is InChI=1S/C25H30F7N3O.C2H6.C2H2/c1-4-9-18(24(27,28)29)16-17(19(26)5-2)12-13-21-20(10-6-7-15-35(21)3)34-23-22(11-8-14-33-23)36-25(30,31)32;2*1-2/h5,8-9,11,13-14,16,20H,4,6-7,10,12,15H2,1-3H3,(H,33,34);1-2H3;1-2H/b17-16-,18-9-,19-5+,21-13-;;. The summed E-state index contributed by atoms with van der Waals surface area (Å²) in [6, 6.07) is 1.92. The van der Waals surface area contributed by atoms with Gasteiger partial charge >= 0.3 is 12.5 Å². The number of ether oxygens (including phenoxy) is 1. The van der Waals surface area contributed by atoms with Gasteiger partial charge in [0.1, 0.15) is 5.83 Å². The number of alkyl halides is 6. The zero-order valence-electron chi connectivity index (χ0n) is 23.5. The first kappa shape index (κ1) is 36.6. The summed E-state index contributed by atoms with van der Waals surface area (Å²) in [7, 11) is 1.77. The van der Waals surface area contributed by atoms with E-state index in [9.17, 15) is 30.7 Å². The SMILES string of the molecule is C#C.CC.C\C=C(F)/C(=C\C(=C\CC)C(F)(F)F)C/C=C1/C(Nc2ncccc2OC(F)(F)F)CCCCN1C. The smallest absolute Gasteiger partial charge is 0.402 e. The topological polar surface area (TPSA) is 37.4 Å². The highest BCUT2D eigenvalue weighted by molar-refractivity contribution is 5.51. The van der Waals surface area contributed by atoms with Gasteiger partial charge in [0.25, 0.3) is 0 Å². The molecule has 1 aromatic heterocycles. The number of anilines is 1. The maximum absolute atomic E-state index is 14.6. The second-order valence-electron chi connectivity index (χ2n) is 8.22. The Morgan fingerprint density at radius 1 is 1.18 bits per heavy atom. The van der Waals surface area contributed by atoms with E-state index in [1.165, 1.54) is 19.2 Å². The summed E-state index contributed by atoms with van der Waals surface area (Å²) in [5, 5.41) is 2.98. The van der Waals surface area contributed by atoms with Crippen molar-refractivity contribution < 1.29 is 35.5 Å². The number of pyridine rings is 1. The normalized spacial score (nSPS) is 18.1. The van der Waals surface area contributed by atoms with Crippen molar-refractivity contribution in [3.63, 3.8) is 0 Å². The van der Waals surface area contributed by atoms with Gasteiger partial charge < -0.3 is 15.0 Å². The Bertz CT molecular complexity index is 1040. The predicted octanol–water partition coefficient (Wildman–Crippen LogP) is 9.12. The largest absolute Gasteiger partial charge is 0.573 e. The van der Waals surface area contributed by atoms with Gasteiger partial charge in [-0.05, 0) is 62.8 Å². The van der Waals surface area contributed by atoms with Crippen LogP contribution < -0.4 is 10.1 Å². The molecule has 1 aromatic rings. The predicted molar refractivity (Wildman–Crippen MR) is 146 cm³/mol. The molecule has 0 amide bonds. The monoisotopic (exact) mass is 577 g/mol. The molecule has 224 valence electrons.